The Morgan fingerprint density at radius 1 is 1.06 bits per heavy atom. The number of rotatable bonds is 5. The summed E-state index contributed by atoms with van der Waals surface area (Å²) in [6.45, 7) is 2.79. The number of aromatic nitrogens is 2. The maximum Gasteiger partial charge on any atom is 0.118 e. The van der Waals surface area contributed by atoms with Crippen LogP contribution < -0.4 is 5.73 Å². The van der Waals surface area contributed by atoms with Crippen molar-refractivity contribution in [2.75, 3.05) is 6.54 Å². The van der Waals surface area contributed by atoms with E-state index in [2.05, 4.69) is 41.4 Å². The van der Waals surface area contributed by atoms with Crippen LogP contribution >= 0.6 is 11.3 Å². The van der Waals surface area contributed by atoms with Crippen LogP contribution in [0.2, 0.25) is 0 Å². The summed E-state index contributed by atoms with van der Waals surface area (Å²) in [7, 11) is 0. The molecular formula is C13H17N3S. The van der Waals surface area contributed by atoms with Gasteiger partial charge >= 0.3 is 0 Å². The zero-order valence-electron chi connectivity index (χ0n) is 10.0. The van der Waals surface area contributed by atoms with Crippen molar-refractivity contribution in [2.24, 2.45) is 5.73 Å². The molecule has 0 radical (unpaired) electrons. The van der Waals surface area contributed by atoms with E-state index in [1.54, 1.807) is 11.3 Å². The van der Waals surface area contributed by atoms with Crippen LogP contribution in [0.3, 0.4) is 0 Å². The van der Waals surface area contributed by atoms with Crippen LogP contribution in [0, 0.1) is 6.92 Å². The van der Waals surface area contributed by atoms with Gasteiger partial charge < -0.3 is 5.73 Å². The van der Waals surface area contributed by atoms with Gasteiger partial charge in [-0.05, 0) is 31.0 Å². The molecule has 0 atom stereocenters. The molecular weight excluding hydrogens is 230 g/mol. The lowest BCUT2D eigenvalue weighted by molar-refractivity contribution is 0.868. The monoisotopic (exact) mass is 247 g/mol. The quantitative estimate of drug-likeness (QED) is 0.880. The standard InChI is InChI=1S/C13H17N3S/c1-10-4-2-3-5-11(10)6-7-12-15-16-13(17-12)8-9-14/h2-5H,6-9,14H2,1H3. The second kappa shape index (κ2) is 5.89. The minimum absolute atomic E-state index is 0.645. The summed E-state index contributed by atoms with van der Waals surface area (Å²) in [5.74, 6) is 0. The van der Waals surface area contributed by atoms with Crippen molar-refractivity contribution in [2.45, 2.75) is 26.2 Å². The largest absolute Gasteiger partial charge is 0.330 e. The average molecular weight is 247 g/mol. The van der Waals surface area contributed by atoms with E-state index in [-0.39, 0.29) is 0 Å². The SMILES string of the molecule is Cc1ccccc1CCc1nnc(CCN)s1. The van der Waals surface area contributed by atoms with Gasteiger partial charge in [0.25, 0.3) is 0 Å². The maximum atomic E-state index is 5.49. The predicted octanol–water partition coefficient (Wildman–Crippen LogP) is 2.13. The van der Waals surface area contributed by atoms with Crippen molar-refractivity contribution < 1.29 is 0 Å². The summed E-state index contributed by atoms with van der Waals surface area (Å²) in [6, 6.07) is 8.48. The molecule has 0 spiro atoms. The normalized spacial score (nSPS) is 10.7. The van der Waals surface area contributed by atoms with Gasteiger partial charge in [0.05, 0.1) is 0 Å². The summed E-state index contributed by atoms with van der Waals surface area (Å²) in [5.41, 5.74) is 8.23. The van der Waals surface area contributed by atoms with Gasteiger partial charge in [-0.3, -0.25) is 0 Å². The molecule has 2 aromatic rings. The van der Waals surface area contributed by atoms with Gasteiger partial charge in [-0.15, -0.1) is 21.5 Å². The van der Waals surface area contributed by atoms with Crippen molar-refractivity contribution >= 4 is 11.3 Å². The van der Waals surface area contributed by atoms with E-state index in [1.807, 2.05) is 0 Å². The van der Waals surface area contributed by atoms with E-state index in [1.165, 1.54) is 11.1 Å². The van der Waals surface area contributed by atoms with E-state index in [0.717, 1.165) is 29.3 Å². The van der Waals surface area contributed by atoms with Crippen molar-refractivity contribution in [1.82, 2.24) is 10.2 Å². The summed E-state index contributed by atoms with van der Waals surface area (Å²) < 4.78 is 0. The van der Waals surface area contributed by atoms with Crippen LogP contribution in [0.15, 0.2) is 24.3 Å². The third-order valence-corrected chi connectivity index (χ3v) is 3.78. The van der Waals surface area contributed by atoms with Gasteiger partial charge in [0.15, 0.2) is 0 Å². The van der Waals surface area contributed by atoms with Crippen LogP contribution in [0.5, 0.6) is 0 Å². The first kappa shape index (κ1) is 12.2. The second-order valence-electron chi connectivity index (χ2n) is 4.05. The molecule has 0 bridgehead atoms. The fraction of sp³-hybridized carbons (Fsp3) is 0.385. The van der Waals surface area contributed by atoms with Gasteiger partial charge in [0.2, 0.25) is 0 Å². The molecule has 3 nitrogen and oxygen atoms in total. The molecule has 0 aliphatic carbocycles. The molecule has 0 aliphatic heterocycles. The third-order valence-electron chi connectivity index (χ3n) is 2.74. The van der Waals surface area contributed by atoms with E-state index in [4.69, 9.17) is 5.73 Å². The van der Waals surface area contributed by atoms with Crippen molar-refractivity contribution in [1.29, 1.82) is 0 Å². The Morgan fingerprint density at radius 3 is 2.47 bits per heavy atom. The summed E-state index contributed by atoms with van der Waals surface area (Å²) in [5, 5.41) is 10.5. The fourth-order valence-corrected chi connectivity index (χ4v) is 2.61. The molecule has 2 rings (SSSR count). The fourth-order valence-electron chi connectivity index (χ4n) is 1.75. The molecule has 17 heavy (non-hydrogen) atoms. The molecule has 2 N–H and O–H groups in total. The molecule has 0 aliphatic rings. The zero-order valence-corrected chi connectivity index (χ0v) is 10.8. The van der Waals surface area contributed by atoms with Crippen molar-refractivity contribution in [3.8, 4) is 0 Å². The van der Waals surface area contributed by atoms with Crippen LogP contribution in [0.1, 0.15) is 21.1 Å². The highest BCUT2D eigenvalue weighted by molar-refractivity contribution is 7.11. The van der Waals surface area contributed by atoms with Crippen LogP contribution in [0.25, 0.3) is 0 Å². The number of hydrogen-bond donors (Lipinski definition) is 1. The van der Waals surface area contributed by atoms with E-state index in [0.29, 0.717) is 6.54 Å². The van der Waals surface area contributed by atoms with Gasteiger partial charge in [-0.2, -0.15) is 0 Å². The van der Waals surface area contributed by atoms with Crippen molar-refractivity contribution in [3.63, 3.8) is 0 Å². The predicted molar refractivity (Wildman–Crippen MR) is 71.3 cm³/mol. The number of nitrogens with two attached hydrogens (primary N) is 1. The topological polar surface area (TPSA) is 51.8 Å². The molecule has 4 heteroatoms. The molecule has 1 heterocycles. The smallest absolute Gasteiger partial charge is 0.118 e. The second-order valence-corrected chi connectivity index (χ2v) is 5.20. The number of hydrogen-bond acceptors (Lipinski definition) is 4. The minimum atomic E-state index is 0.645. The number of benzene rings is 1. The lowest BCUT2D eigenvalue weighted by atomic mass is 10.0. The first-order chi connectivity index (χ1) is 8.29. The van der Waals surface area contributed by atoms with Gasteiger partial charge in [-0.25, -0.2) is 0 Å². The van der Waals surface area contributed by atoms with Crippen molar-refractivity contribution in [3.05, 3.63) is 45.4 Å². The highest BCUT2D eigenvalue weighted by atomic mass is 32.1. The first-order valence-electron chi connectivity index (χ1n) is 5.85. The Morgan fingerprint density at radius 2 is 1.76 bits per heavy atom. The Bertz CT molecular complexity index is 479. The lowest BCUT2D eigenvalue weighted by Gasteiger charge is -2.02. The van der Waals surface area contributed by atoms with E-state index < -0.39 is 0 Å². The summed E-state index contributed by atoms with van der Waals surface area (Å²) >= 11 is 1.68. The third kappa shape index (κ3) is 3.35. The van der Waals surface area contributed by atoms with Gasteiger partial charge in [0.1, 0.15) is 10.0 Å². The molecule has 0 amide bonds. The average Bonchev–Trinajstić information content (AvgIpc) is 2.76. The van der Waals surface area contributed by atoms with E-state index in [9.17, 15) is 0 Å². The number of aryl methyl sites for hydroxylation is 3. The van der Waals surface area contributed by atoms with Crippen LogP contribution in [0.4, 0.5) is 0 Å². The molecule has 1 aromatic heterocycles. The molecule has 0 fully saturated rings. The summed E-state index contributed by atoms with van der Waals surface area (Å²) in [6.07, 6.45) is 2.83. The highest BCUT2D eigenvalue weighted by Gasteiger charge is 2.04. The Hall–Kier alpha value is -1.26. The molecule has 1 aromatic carbocycles. The molecule has 0 saturated carbocycles. The first-order valence-corrected chi connectivity index (χ1v) is 6.67. The van der Waals surface area contributed by atoms with Gasteiger partial charge in [0, 0.05) is 12.8 Å². The van der Waals surface area contributed by atoms with Crippen LogP contribution in [-0.4, -0.2) is 16.7 Å². The Labute approximate surface area is 106 Å². The highest BCUT2D eigenvalue weighted by Crippen LogP contribution is 2.15. The van der Waals surface area contributed by atoms with Crippen LogP contribution in [-0.2, 0) is 19.3 Å². The molecule has 0 unspecified atom stereocenters. The Kier molecular flexibility index (Phi) is 4.23. The Balaban J connectivity index is 1.95. The maximum absolute atomic E-state index is 5.49. The number of nitrogens with zero attached hydrogens (tertiary/aromatic N) is 2. The lowest BCUT2D eigenvalue weighted by Crippen LogP contribution is -2.01. The molecule has 0 saturated heterocycles. The van der Waals surface area contributed by atoms with Gasteiger partial charge in [-0.1, -0.05) is 24.3 Å². The zero-order chi connectivity index (χ0) is 12.1. The minimum Gasteiger partial charge on any atom is -0.330 e. The molecule has 90 valence electrons. The van der Waals surface area contributed by atoms with E-state index >= 15 is 0 Å². The summed E-state index contributed by atoms with van der Waals surface area (Å²) in [4.78, 5) is 0.